The van der Waals surface area contributed by atoms with Gasteiger partial charge in [0.15, 0.2) is 0 Å². The van der Waals surface area contributed by atoms with Gasteiger partial charge in [0.2, 0.25) is 0 Å². The van der Waals surface area contributed by atoms with Crippen molar-refractivity contribution in [1.82, 2.24) is 0 Å². The lowest BCUT2D eigenvalue weighted by Crippen LogP contribution is -2.08. The second kappa shape index (κ2) is 6.62. The van der Waals surface area contributed by atoms with Crippen LogP contribution in [-0.2, 0) is 9.53 Å². The van der Waals surface area contributed by atoms with Crippen LogP contribution in [-0.4, -0.2) is 12.1 Å². The molecule has 84 valence electrons. The maximum absolute atomic E-state index is 10.6. The van der Waals surface area contributed by atoms with Gasteiger partial charge >= 0.3 is 5.97 Å². The van der Waals surface area contributed by atoms with E-state index in [1.807, 2.05) is 61.6 Å². The second-order valence-electron chi connectivity index (χ2n) is 3.47. The van der Waals surface area contributed by atoms with Crippen LogP contribution in [0.4, 0.5) is 0 Å². The fraction of sp³-hybridized carbons (Fsp3) is 0.214. The van der Waals surface area contributed by atoms with Crippen molar-refractivity contribution < 1.29 is 9.53 Å². The molecule has 2 nitrogen and oxygen atoms in total. The van der Waals surface area contributed by atoms with Crippen LogP contribution in [0.3, 0.4) is 0 Å². The van der Waals surface area contributed by atoms with Crippen LogP contribution in [0.2, 0.25) is 0 Å². The summed E-state index contributed by atoms with van der Waals surface area (Å²) in [5.74, 6) is -0.260. The average molecular weight is 216 g/mol. The minimum Gasteiger partial charge on any atom is -0.459 e. The summed E-state index contributed by atoms with van der Waals surface area (Å²) in [6.07, 6.45) is 7.45. The van der Waals surface area contributed by atoms with Gasteiger partial charge in [-0.25, -0.2) is 0 Å². The van der Waals surface area contributed by atoms with Crippen molar-refractivity contribution in [2.75, 3.05) is 0 Å². The smallest absolute Gasteiger partial charge is 0.303 e. The van der Waals surface area contributed by atoms with E-state index in [0.717, 1.165) is 5.56 Å². The first kappa shape index (κ1) is 12.2. The standard InChI is InChI=1S/C14H16O2/c1-12(16-13(2)15)8-6-7-11-14-9-4-3-5-10-14/h3-12H,1-2H3/b8-6+,11-7+/t12-/m1/s1. The van der Waals surface area contributed by atoms with Crippen LogP contribution in [0, 0.1) is 0 Å². The second-order valence-corrected chi connectivity index (χ2v) is 3.47. The van der Waals surface area contributed by atoms with Gasteiger partial charge in [-0.1, -0.05) is 48.6 Å². The Morgan fingerprint density at radius 1 is 1.25 bits per heavy atom. The van der Waals surface area contributed by atoms with Crippen molar-refractivity contribution >= 4 is 12.0 Å². The number of hydrogen-bond donors (Lipinski definition) is 0. The number of carbonyl (C=O) groups is 1. The Morgan fingerprint density at radius 3 is 2.56 bits per heavy atom. The average Bonchev–Trinajstić information content (AvgIpc) is 2.25. The molecule has 16 heavy (non-hydrogen) atoms. The molecule has 0 aromatic heterocycles. The fourth-order valence-corrected chi connectivity index (χ4v) is 1.25. The summed E-state index contributed by atoms with van der Waals surface area (Å²) in [5.41, 5.74) is 1.15. The molecule has 2 heteroatoms. The SMILES string of the molecule is CC(=O)O[C@H](C)/C=C/C=C/c1ccccc1. The number of esters is 1. The predicted octanol–water partition coefficient (Wildman–Crippen LogP) is 3.21. The molecule has 0 aliphatic carbocycles. The molecular formula is C14H16O2. The Labute approximate surface area is 96.2 Å². The van der Waals surface area contributed by atoms with Crippen LogP contribution >= 0.6 is 0 Å². The molecule has 0 bridgehead atoms. The molecule has 0 spiro atoms. The molecule has 1 aromatic carbocycles. The van der Waals surface area contributed by atoms with E-state index in [2.05, 4.69) is 0 Å². The molecule has 1 aromatic rings. The number of ether oxygens (including phenoxy) is 1. The van der Waals surface area contributed by atoms with Crippen LogP contribution in [0.1, 0.15) is 19.4 Å². The zero-order valence-electron chi connectivity index (χ0n) is 9.59. The molecule has 0 radical (unpaired) electrons. The van der Waals surface area contributed by atoms with Crippen molar-refractivity contribution in [3.05, 3.63) is 54.1 Å². The van der Waals surface area contributed by atoms with Gasteiger partial charge in [0.05, 0.1) is 0 Å². The third-order valence-corrected chi connectivity index (χ3v) is 1.93. The lowest BCUT2D eigenvalue weighted by molar-refractivity contribution is -0.143. The summed E-state index contributed by atoms with van der Waals surface area (Å²) in [5, 5.41) is 0. The minimum atomic E-state index is -0.260. The molecule has 0 saturated carbocycles. The minimum absolute atomic E-state index is 0.182. The van der Waals surface area contributed by atoms with E-state index in [4.69, 9.17) is 4.74 Å². The molecule has 0 saturated heterocycles. The number of hydrogen-bond acceptors (Lipinski definition) is 2. The van der Waals surface area contributed by atoms with Crippen molar-refractivity contribution in [1.29, 1.82) is 0 Å². The van der Waals surface area contributed by atoms with E-state index in [-0.39, 0.29) is 12.1 Å². The third-order valence-electron chi connectivity index (χ3n) is 1.93. The van der Waals surface area contributed by atoms with E-state index in [0.29, 0.717) is 0 Å². The summed E-state index contributed by atoms with van der Waals surface area (Å²) in [4.78, 5) is 10.6. The summed E-state index contributed by atoms with van der Waals surface area (Å²) in [7, 11) is 0. The third kappa shape index (κ3) is 5.15. The molecule has 0 aliphatic heterocycles. The first-order valence-corrected chi connectivity index (χ1v) is 5.25. The number of allylic oxidation sites excluding steroid dienone is 2. The van der Waals surface area contributed by atoms with Gasteiger partial charge in [0, 0.05) is 6.92 Å². The largest absolute Gasteiger partial charge is 0.459 e. The van der Waals surface area contributed by atoms with Crippen LogP contribution < -0.4 is 0 Å². The highest BCUT2D eigenvalue weighted by atomic mass is 16.5. The zero-order valence-corrected chi connectivity index (χ0v) is 9.59. The molecular weight excluding hydrogens is 200 g/mol. The maximum Gasteiger partial charge on any atom is 0.303 e. The zero-order chi connectivity index (χ0) is 11.8. The Hall–Kier alpha value is -1.83. The summed E-state index contributed by atoms with van der Waals surface area (Å²) in [6.45, 7) is 3.23. The Morgan fingerprint density at radius 2 is 1.94 bits per heavy atom. The van der Waals surface area contributed by atoms with Gasteiger partial charge in [-0.2, -0.15) is 0 Å². The Bertz CT molecular complexity index is 377. The Kier molecular flexibility index (Phi) is 5.06. The van der Waals surface area contributed by atoms with Gasteiger partial charge in [0.1, 0.15) is 6.10 Å². The first-order valence-electron chi connectivity index (χ1n) is 5.25. The van der Waals surface area contributed by atoms with E-state index in [1.54, 1.807) is 0 Å². The summed E-state index contributed by atoms with van der Waals surface area (Å²) in [6, 6.07) is 10.0. The molecule has 0 aliphatic rings. The van der Waals surface area contributed by atoms with E-state index >= 15 is 0 Å². The highest BCUT2D eigenvalue weighted by molar-refractivity contribution is 5.66. The van der Waals surface area contributed by atoms with Crippen molar-refractivity contribution in [3.8, 4) is 0 Å². The van der Waals surface area contributed by atoms with Gasteiger partial charge in [-0.05, 0) is 18.6 Å². The number of carbonyl (C=O) groups excluding carboxylic acids is 1. The molecule has 0 fully saturated rings. The lowest BCUT2D eigenvalue weighted by Gasteiger charge is -2.04. The predicted molar refractivity (Wildman–Crippen MR) is 65.8 cm³/mol. The van der Waals surface area contributed by atoms with Crippen LogP contribution in [0.5, 0.6) is 0 Å². The summed E-state index contributed by atoms with van der Waals surface area (Å²) < 4.78 is 4.94. The maximum atomic E-state index is 10.6. The first-order chi connectivity index (χ1) is 7.68. The van der Waals surface area contributed by atoms with Gasteiger partial charge in [0.25, 0.3) is 0 Å². The molecule has 0 unspecified atom stereocenters. The molecule has 1 atom stereocenters. The highest BCUT2D eigenvalue weighted by Gasteiger charge is 1.97. The number of benzene rings is 1. The van der Waals surface area contributed by atoms with Gasteiger partial charge in [-0.15, -0.1) is 0 Å². The number of rotatable bonds is 4. The van der Waals surface area contributed by atoms with Crippen molar-refractivity contribution in [2.45, 2.75) is 20.0 Å². The van der Waals surface area contributed by atoms with Gasteiger partial charge in [-0.3, -0.25) is 4.79 Å². The van der Waals surface area contributed by atoms with Crippen LogP contribution in [0.25, 0.3) is 6.08 Å². The van der Waals surface area contributed by atoms with Crippen molar-refractivity contribution in [2.24, 2.45) is 0 Å². The Balaban J connectivity index is 2.42. The topological polar surface area (TPSA) is 26.3 Å². The quantitative estimate of drug-likeness (QED) is 0.570. The molecule has 1 rings (SSSR count). The fourth-order valence-electron chi connectivity index (χ4n) is 1.25. The normalized spacial score (nSPS) is 13.1. The van der Waals surface area contributed by atoms with E-state index < -0.39 is 0 Å². The molecule has 0 heterocycles. The van der Waals surface area contributed by atoms with Crippen molar-refractivity contribution in [3.63, 3.8) is 0 Å². The monoisotopic (exact) mass is 216 g/mol. The van der Waals surface area contributed by atoms with Crippen LogP contribution in [0.15, 0.2) is 48.6 Å². The molecule has 0 amide bonds. The van der Waals surface area contributed by atoms with E-state index in [1.165, 1.54) is 6.92 Å². The summed E-state index contributed by atoms with van der Waals surface area (Å²) >= 11 is 0. The molecule has 0 N–H and O–H groups in total. The van der Waals surface area contributed by atoms with Gasteiger partial charge < -0.3 is 4.74 Å². The van der Waals surface area contributed by atoms with E-state index in [9.17, 15) is 4.79 Å². The lowest BCUT2D eigenvalue weighted by atomic mass is 10.2. The highest BCUT2D eigenvalue weighted by Crippen LogP contribution is 2.01.